The highest BCUT2D eigenvalue weighted by atomic mass is 79.9. The zero-order valence-corrected chi connectivity index (χ0v) is 14.1. The summed E-state index contributed by atoms with van der Waals surface area (Å²) in [4.78, 5) is 11.6. The average molecular weight is 393 g/mol. The van der Waals surface area contributed by atoms with Crippen LogP contribution in [0.15, 0.2) is 24.3 Å². The molecule has 0 aliphatic carbocycles. The molecule has 0 amide bonds. The largest absolute Gasteiger partial charge is 0.493 e. The van der Waals surface area contributed by atoms with Crippen molar-refractivity contribution in [2.24, 2.45) is 0 Å². The number of thiophene rings is 1. The highest BCUT2D eigenvalue weighted by Crippen LogP contribution is 2.36. The number of nitrogens with zero attached hydrogens (tertiary/aromatic N) is 1. The SMILES string of the molecule is COc1cc(CBr)c([N+](=O)[O-])cc1OCc1ccc(Cl)s1. The van der Waals surface area contributed by atoms with Gasteiger partial charge in [0.2, 0.25) is 0 Å². The fraction of sp³-hybridized carbons (Fsp3) is 0.231. The maximum Gasteiger partial charge on any atom is 0.277 e. The molecule has 0 saturated carbocycles. The molecule has 0 bridgehead atoms. The van der Waals surface area contributed by atoms with Crippen LogP contribution in [-0.4, -0.2) is 12.0 Å². The Morgan fingerprint density at radius 1 is 1.38 bits per heavy atom. The highest BCUT2D eigenvalue weighted by molar-refractivity contribution is 9.08. The van der Waals surface area contributed by atoms with Crippen molar-refractivity contribution in [1.82, 2.24) is 0 Å². The summed E-state index contributed by atoms with van der Waals surface area (Å²) in [5.41, 5.74) is 0.523. The topological polar surface area (TPSA) is 61.6 Å². The van der Waals surface area contributed by atoms with Crippen molar-refractivity contribution < 1.29 is 14.4 Å². The van der Waals surface area contributed by atoms with Crippen molar-refractivity contribution >= 4 is 44.6 Å². The smallest absolute Gasteiger partial charge is 0.277 e. The lowest BCUT2D eigenvalue weighted by Gasteiger charge is -2.11. The van der Waals surface area contributed by atoms with Gasteiger partial charge in [-0.05, 0) is 18.2 Å². The van der Waals surface area contributed by atoms with E-state index >= 15 is 0 Å². The van der Waals surface area contributed by atoms with E-state index in [1.54, 1.807) is 12.1 Å². The summed E-state index contributed by atoms with van der Waals surface area (Å²) in [6.07, 6.45) is 0. The highest BCUT2D eigenvalue weighted by Gasteiger charge is 2.19. The summed E-state index contributed by atoms with van der Waals surface area (Å²) in [5.74, 6) is 0.788. The first kappa shape index (κ1) is 16.1. The van der Waals surface area contributed by atoms with Crippen LogP contribution in [0.4, 0.5) is 5.69 Å². The van der Waals surface area contributed by atoms with Gasteiger partial charge in [-0.15, -0.1) is 11.3 Å². The van der Waals surface area contributed by atoms with Gasteiger partial charge in [0.25, 0.3) is 5.69 Å². The van der Waals surface area contributed by atoms with Gasteiger partial charge in [-0.3, -0.25) is 10.1 Å². The molecule has 2 rings (SSSR count). The Kier molecular flexibility index (Phi) is 5.44. The molecule has 0 aliphatic rings. The number of ether oxygens (including phenoxy) is 2. The molecule has 0 spiro atoms. The second kappa shape index (κ2) is 7.11. The number of methoxy groups -OCH3 is 1. The molecule has 0 N–H and O–H groups in total. The standard InChI is InChI=1S/C13H11BrClNO4S/c1-19-11-4-8(6-14)10(16(17)18)5-12(11)20-7-9-2-3-13(15)21-9/h2-5H,6-7H2,1H3. The van der Waals surface area contributed by atoms with Crippen molar-refractivity contribution in [2.75, 3.05) is 7.11 Å². The molecule has 1 aromatic heterocycles. The quantitative estimate of drug-likeness (QED) is 0.403. The van der Waals surface area contributed by atoms with Crippen LogP contribution < -0.4 is 9.47 Å². The van der Waals surface area contributed by atoms with Crippen LogP contribution >= 0.6 is 38.9 Å². The number of alkyl halides is 1. The van der Waals surface area contributed by atoms with Crippen LogP contribution in [0.25, 0.3) is 0 Å². The number of nitro benzene ring substituents is 1. The van der Waals surface area contributed by atoms with E-state index in [0.717, 1.165) is 4.88 Å². The first-order chi connectivity index (χ1) is 10.0. The Balaban J connectivity index is 2.28. The Morgan fingerprint density at radius 3 is 2.67 bits per heavy atom. The summed E-state index contributed by atoms with van der Waals surface area (Å²) in [5, 5.41) is 11.4. The first-order valence-electron chi connectivity index (χ1n) is 5.83. The summed E-state index contributed by atoms with van der Waals surface area (Å²) in [6.45, 7) is 0.276. The lowest BCUT2D eigenvalue weighted by atomic mass is 10.2. The number of hydrogen-bond donors (Lipinski definition) is 0. The molecule has 21 heavy (non-hydrogen) atoms. The van der Waals surface area contributed by atoms with Gasteiger partial charge in [0, 0.05) is 15.8 Å². The van der Waals surface area contributed by atoms with Crippen LogP contribution in [0.3, 0.4) is 0 Å². The first-order valence-corrected chi connectivity index (χ1v) is 8.15. The van der Waals surface area contributed by atoms with Gasteiger partial charge in [-0.2, -0.15) is 0 Å². The summed E-state index contributed by atoms with van der Waals surface area (Å²) >= 11 is 10.5. The molecule has 1 aromatic carbocycles. The Hall–Kier alpha value is -1.31. The fourth-order valence-electron chi connectivity index (χ4n) is 1.72. The van der Waals surface area contributed by atoms with Crippen LogP contribution in [0, 0.1) is 10.1 Å². The van der Waals surface area contributed by atoms with Gasteiger partial charge in [-0.1, -0.05) is 27.5 Å². The van der Waals surface area contributed by atoms with Gasteiger partial charge in [-0.25, -0.2) is 0 Å². The molecule has 112 valence electrons. The van der Waals surface area contributed by atoms with Gasteiger partial charge < -0.3 is 9.47 Å². The van der Waals surface area contributed by atoms with Gasteiger partial charge in [0.15, 0.2) is 11.5 Å². The summed E-state index contributed by atoms with van der Waals surface area (Å²) < 4.78 is 11.5. The van der Waals surface area contributed by atoms with Gasteiger partial charge in [0.1, 0.15) is 6.61 Å². The molecule has 8 heteroatoms. The zero-order valence-electron chi connectivity index (χ0n) is 11.0. The van der Waals surface area contributed by atoms with E-state index in [1.165, 1.54) is 24.5 Å². The van der Waals surface area contributed by atoms with Crippen LogP contribution in [0.5, 0.6) is 11.5 Å². The normalized spacial score (nSPS) is 10.4. The van der Waals surface area contributed by atoms with Crippen LogP contribution in [0.1, 0.15) is 10.4 Å². The molecule has 0 fully saturated rings. The Morgan fingerprint density at radius 2 is 2.14 bits per heavy atom. The second-order valence-electron chi connectivity index (χ2n) is 4.02. The van der Waals surface area contributed by atoms with E-state index in [2.05, 4.69) is 15.9 Å². The Bertz CT molecular complexity index is 662. The van der Waals surface area contributed by atoms with E-state index < -0.39 is 4.92 Å². The number of halogens is 2. The molecular formula is C13H11BrClNO4S. The van der Waals surface area contributed by atoms with Crippen molar-refractivity contribution in [3.05, 3.63) is 49.2 Å². The van der Waals surface area contributed by atoms with Crippen LogP contribution in [-0.2, 0) is 11.9 Å². The molecule has 0 atom stereocenters. The predicted molar refractivity (Wildman–Crippen MR) is 85.9 cm³/mol. The third kappa shape index (κ3) is 3.87. The summed E-state index contributed by atoms with van der Waals surface area (Å²) in [7, 11) is 1.49. The molecule has 0 aliphatic heterocycles. The fourth-order valence-corrected chi connectivity index (χ4v) is 3.17. The predicted octanol–water partition coefficient (Wildman–Crippen LogP) is 4.79. The Labute approximate surface area is 138 Å². The molecular weight excluding hydrogens is 382 g/mol. The molecule has 0 saturated heterocycles. The number of hydrogen-bond acceptors (Lipinski definition) is 5. The van der Waals surface area contributed by atoms with Crippen molar-refractivity contribution in [2.45, 2.75) is 11.9 Å². The number of rotatable bonds is 6. The van der Waals surface area contributed by atoms with E-state index in [4.69, 9.17) is 21.1 Å². The van der Waals surface area contributed by atoms with E-state index in [-0.39, 0.29) is 12.3 Å². The third-order valence-electron chi connectivity index (χ3n) is 2.70. The zero-order chi connectivity index (χ0) is 15.4. The molecule has 1 heterocycles. The second-order valence-corrected chi connectivity index (χ2v) is 6.38. The van der Waals surface area contributed by atoms with E-state index in [1.807, 2.05) is 6.07 Å². The monoisotopic (exact) mass is 391 g/mol. The lowest BCUT2D eigenvalue weighted by molar-refractivity contribution is -0.385. The van der Waals surface area contributed by atoms with Crippen molar-refractivity contribution in [3.8, 4) is 11.5 Å². The molecule has 0 radical (unpaired) electrons. The minimum atomic E-state index is -0.440. The maximum atomic E-state index is 11.1. The maximum absolute atomic E-state index is 11.1. The van der Waals surface area contributed by atoms with Gasteiger partial charge >= 0.3 is 0 Å². The van der Waals surface area contributed by atoms with E-state index in [0.29, 0.717) is 26.7 Å². The van der Waals surface area contributed by atoms with Crippen molar-refractivity contribution in [3.63, 3.8) is 0 Å². The number of benzene rings is 1. The summed E-state index contributed by atoms with van der Waals surface area (Å²) in [6, 6.07) is 6.60. The molecule has 5 nitrogen and oxygen atoms in total. The average Bonchev–Trinajstić information content (AvgIpc) is 2.89. The minimum Gasteiger partial charge on any atom is -0.493 e. The van der Waals surface area contributed by atoms with Crippen molar-refractivity contribution in [1.29, 1.82) is 0 Å². The minimum absolute atomic E-state index is 0.00751. The molecule has 0 unspecified atom stereocenters. The van der Waals surface area contributed by atoms with Gasteiger partial charge in [0.05, 0.1) is 22.4 Å². The lowest BCUT2D eigenvalue weighted by Crippen LogP contribution is -2.00. The van der Waals surface area contributed by atoms with Crippen LogP contribution in [0.2, 0.25) is 4.34 Å². The molecule has 2 aromatic rings. The van der Waals surface area contributed by atoms with E-state index in [9.17, 15) is 10.1 Å². The third-order valence-corrected chi connectivity index (χ3v) is 4.51. The number of nitro groups is 1.